The first kappa shape index (κ1) is 24.6. The summed E-state index contributed by atoms with van der Waals surface area (Å²) in [7, 11) is 1.66. The molecule has 0 saturated heterocycles. The van der Waals surface area contributed by atoms with E-state index in [4.69, 9.17) is 9.47 Å². The van der Waals surface area contributed by atoms with Gasteiger partial charge in [0, 0.05) is 31.4 Å². The highest BCUT2D eigenvalue weighted by molar-refractivity contribution is 6.00. The van der Waals surface area contributed by atoms with E-state index in [1.165, 1.54) is 0 Å². The predicted octanol–water partition coefficient (Wildman–Crippen LogP) is 5.56. The highest BCUT2D eigenvalue weighted by atomic mass is 16.5. The Kier molecular flexibility index (Phi) is 6.97. The minimum atomic E-state index is -0.350. The molecule has 190 valence electrons. The number of ether oxygens (including phenoxy) is 2. The average molecular weight is 498 g/mol. The van der Waals surface area contributed by atoms with Crippen molar-refractivity contribution in [3.63, 3.8) is 0 Å². The van der Waals surface area contributed by atoms with Crippen LogP contribution in [0, 0.1) is 13.8 Å². The summed E-state index contributed by atoms with van der Waals surface area (Å²) in [5.74, 6) is 0.819. The van der Waals surface area contributed by atoms with Crippen molar-refractivity contribution >= 4 is 5.91 Å². The molecule has 4 aromatic rings. The number of carbonyl (C=O) groups excluding carboxylic acids is 1. The van der Waals surface area contributed by atoms with Crippen LogP contribution in [-0.2, 0) is 11.3 Å². The second-order valence-electron chi connectivity index (χ2n) is 9.43. The molecule has 1 aromatic heterocycles. The molecular formula is C30H31N3O4. The second-order valence-corrected chi connectivity index (χ2v) is 9.43. The van der Waals surface area contributed by atoms with Gasteiger partial charge in [-0.1, -0.05) is 48.5 Å². The standard InChI is InChI=1S/C30H31N3O4/c1-19-16-20(2)29(34)24(17-19)26-25-27(32-31-26)30(35)33(14-7-15-36-3)28(25)22-10-12-23(13-11-22)37-18-21-8-5-4-6-9-21/h4-6,8-13,16-17,28,34H,7,14-15,18H2,1-3H3,(H,31,32). The number of hydrogen-bond acceptors (Lipinski definition) is 5. The van der Waals surface area contributed by atoms with E-state index < -0.39 is 0 Å². The Morgan fingerprint density at radius 1 is 1.05 bits per heavy atom. The van der Waals surface area contributed by atoms with E-state index in [1.54, 1.807) is 7.11 Å². The van der Waals surface area contributed by atoms with Crippen molar-refractivity contribution in [2.45, 2.75) is 32.9 Å². The van der Waals surface area contributed by atoms with Crippen molar-refractivity contribution in [1.29, 1.82) is 0 Å². The Balaban J connectivity index is 1.51. The Morgan fingerprint density at radius 2 is 1.81 bits per heavy atom. The first-order valence-electron chi connectivity index (χ1n) is 12.4. The number of benzene rings is 3. The van der Waals surface area contributed by atoms with Gasteiger partial charge >= 0.3 is 0 Å². The number of phenols is 1. The first-order valence-corrected chi connectivity index (χ1v) is 12.4. The fourth-order valence-electron chi connectivity index (χ4n) is 4.99. The van der Waals surface area contributed by atoms with Crippen molar-refractivity contribution in [1.82, 2.24) is 15.1 Å². The molecule has 2 heterocycles. The SMILES string of the molecule is COCCCN1C(=O)c2[nH]nc(-c3cc(C)cc(C)c3O)c2C1c1ccc(OCc2ccccc2)cc1. The number of phenolic OH excluding ortho intramolecular Hbond substituents is 1. The summed E-state index contributed by atoms with van der Waals surface area (Å²) in [5, 5.41) is 18.4. The summed E-state index contributed by atoms with van der Waals surface area (Å²) in [5.41, 5.74) is 6.28. The highest BCUT2D eigenvalue weighted by Gasteiger charge is 2.42. The van der Waals surface area contributed by atoms with Crippen LogP contribution in [0.3, 0.4) is 0 Å². The maximum Gasteiger partial charge on any atom is 0.273 e. The molecule has 1 aliphatic heterocycles. The first-order chi connectivity index (χ1) is 18.0. The molecule has 0 saturated carbocycles. The van der Waals surface area contributed by atoms with Gasteiger partial charge in [-0.2, -0.15) is 5.10 Å². The number of aromatic hydroxyl groups is 1. The van der Waals surface area contributed by atoms with Crippen LogP contribution < -0.4 is 4.74 Å². The third-order valence-corrected chi connectivity index (χ3v) is 6.76. The van der Waals surface area contributed by atoms with E-state index in [0.29, 0.717) is 43.1 Å². The number of aromatic nitrogens is 2. The van der Waals surface area contributed by atoms with Gasteiger partial charge in [-0.15, -0.1) is 0 Å². The molecule has 2 N–H and O–H groups in total. The van der Waals surface area contributed by atoms with Crippen molar-refractivity contribution < 1.29 is 19.4 Å². The summed E-state index contributed by atoms with van der Waals surface area (Å²) >= 11 is 0. The van der Waals surface area contributed by atoms with Crippen molar-refractivity contribution in [3.8, 4) is 22.8 Å². The van der Waals surface area contributed by atoms with Crippen LogP contribution in [-0.4, -0.2) is 46.4 Å². The summed E-state index contributed by atoms with van der Waals surface area (Å²) in [6, 6.07) is 21.4. The van der Waals surface area contributed by atoms with Gasteiger partial charge in [0.2, 0.25) is 0 Å². The molecule has 7 nitrogen and oxygen atoms in total. The van der Waals surface area contributed by atoms with Gasteiger partial charge in [-0.05, 0) is 60.7 Å². The number of nitrogens with zero attached hydrogens (tertiary/aromatic N) is 2. The molecule has 1 aliphatic rings. The average Bonchev–Trinajstić information content (AvgIpc) is 3.45. The summed E-state index contributed by atoms with van der Waals surface area (Å²) in [4.78, 5) is 15.3. The normalized spacial score (nSPS) is 14.7. The molecule has 0 fully saturated rings. The van der Waals surface area contributed by atoms with Gasteiger partial charge in [-0.3, -0.25) is 9.89 Å². The van der Waals surface area contributed by atoms with E-state index in [-0.39, 0.29) is 17.7 Å². The number of aromatic amines is 1. The molecule has 5 rings (SSSR count). The van der Waals surface area contributed by atoms with Crippen LogP contribution in [0.25, 0.3) is 11.3 Å². The zero-order valence-electron chi connectivity index (χ0n) is 21.3. The van der Waals surface area contributed by atoms with Crippen LogP contribution in [0.15, 0.2) is 66.7 Å². The molecule has 3 aromatic carbocycles. The number of methoxy groups -OCH3 is 1. The van der Waals surface area contributed by atoms with E-state index in [0.717, 1.165) is 33.6 Å². The number of H-pyrrole nitrogens is 1. The number of amides is 1. The number of fused-ring (bicyclic) bond motifs is 1. The number of aryl methyl sites for hydroxylation is 2. The Morgan fingerprint density at radius 3 is 2.54 bits per heavy atom. The molecule has 0 bridgehead atoms. The van der Waals surface area contributed by atoms with Gasteiger partial charge in [-0.25, -0.2) is 0 Å². The predicted molar refractivity (Wildman–Crippen MR) is 142 cm³/mol. The molecule has 1 unspecified atom stereocenters. The lowest BCUT2D eigenvalue weighted by Crippen LogP contribution is -2.31. The molecule has 1 amide bonds. The lowest BCUT2D eigenvalue weighted by Gasteiger charge is -2.26. The zero-order chi connectivity index (χ0) is 25.9. The van der Waals surface area contributed by atoms with Gasteiger partial charge in [0.25, 0.3) is 5.91 Å². The van der Waals surface area contributed by atoms with Gasteiger partial charge in [0.15, 0.2) is 0 Å². The fraction of sp³-hybridized carbons (Fsp3) is 0.267. The number of nitrogens with one attached hydrogen (secondary N) is 1. The second kappa shape index (κ2) is 10.5. The number of hydrogen-bond donors (Lipinski definition) is 2. The fourth-order valence-corrected chi connectivity index (χ4v) is 4.99. The van der Waals surface area contributed by atoms with E-state index in [9.17, 15) is 9.90 Å². The number of rotatable bonds is 9. The third kappa shape index (κ3) is 4.82. The molecule has 0 spiro atoms. The van der Waals surface area contributed by atoms with Crippen LogP contribution in [0.2, 0.25) is 0 Å². The molecule has 0 radical (unpaired) electrons. The molecule has 37 heavy (non-hydrogen) atoms. The van der Waals surface area contributed by atoms with Crippen molar-refractivity contribution in [2.24, 2.45) is 0 Å². The van der Waals surface area contributed by atoms with Gasteiger partial charge < -0.3 is 19.5 Å². The van der Waals surface area contributed by atoms with Gasteiger partial charge in [0.05, 0.1) is 6.04 Å². The van der Waals surface area contributed by atoms with Crippen molar-refractivity contribution in [2.75, 3.05) is 20.3 Å². The van der Waals surface area contributed by atoms with Crippen LogP contribution in [0.5, 0.6) is 11.5 Å². The van der Waals surface area contributed by atoms with Gasteiger partial charge in [0.1, 0.15) is 29.5 Å². The number of carbonyl (C=O) groups is 1. The maximum atomic E-state index is 13.5. The lowest BCUT2D eigenvalue weighted by molar-refractivity contribution is 0.0723. The Hall–Kier alpha value is -4.10. The largest absolute Gasteiger partial charge is 0.507 e. The lowest BCUT2D eigenvalue weighted by atomic mass is 9.94. The van der Waals surface area contributed by atoms with E-state index in [2.05, 4.69) is 10.2 Å². The van der Waals surface area contributed by atoms with Crippen LogP contribution >= 0.6 is 0 Å². The summed E-state index contributed by atoms with van der Waals surface area (Å²) < 4.78 is 11.2. The zero-order valence-corrected chi connectivity index (χ0v) is 21.3. The maximum absolute atomic E-state index is 13.5. The quantitative estimate of drug-likeness (QED) is 0.296. The van der Waals surface area contributed by atoms with E-state index in [1.807, 2.05) is 85.5 Å². The minimum Gasteiger partial charge on any atom is -0.507 e. The van der Waals surface area contributed by atoms with Crippen LogP contribution in [0.1, 0.15) is 50.8 Å². The Labute approximate surface area is 216 Å². The topological polar surface area (TPSA) is 87.7 Å². The summed E-state index contributed by atoms with van der Waals surface area (Å²) in [6.07, 6.45) is 0.707. The monoisotopic (exact) mass is 497 g/mol. The molecular weight excluding hydrogens is 466 g/mol. The molecule has 1 atom stereocenters. The summed E-state index contributed by atoms with van der Waals surface area (Å²) in [6.45, 7) is 5.42. The molecule has 7 heteroatoms. The smallest absolute Gasteiger partial charge is 0.273 e. The van der Waals surface area contributed by atoms with Crippen molar-refractivity contribution in [3.05, 3.63) is 100 Å². The molecule has 0 aliphatic carbocycles. The minimum absolute atomic E-state index is 0.108. The Bertz CT molecular complexity index is 1400. The third-order valence-electron chi connectivity index (χ3n) is 6.76. The van der Waals surface area contributed by atoms with Crippen LogP contribution in [0.4, 0.5) is 0 Å². The highest BCUT2D eigenvalue weighted by Crippen LogP contribution is 2.45. The van der Waals surface area contributed by atoms with E-state index >= 15 is 0 Å².